The fourth-order valence-corrected chi connectivity index (χ4v) is 2.71. The molecule has 0 aliphatic carbocycles. The lowest BCUT2D eigenvalue weighted by molar-refractivity contribution is 0.0942. The third-order valence-corrected chi connectivity index (χ3v) is 4.01. The molecule has 1 amide bonds. The Kier molecular flexibility index (Phi) is 5.86. The van der Waals surface area contributed by atoms with Crippen LogP contribution in [-0.4, -0.2) is 35.1 Å². The Labute approximate surface area is 128 Å². The molecule has 0 aromatic heterocycles. The molecule has 0 unspecified atom stereocenters. The van der Waals surface area contributed by atoms with Crippen molar-refractivity contribution in [2.24, 2.45) is 5.92 Å². The molecule has 0 spiro atoms. The molecule has 118 valence electrons. The molecular formula is C13H18ClNO5S. The fraction of sp³-hybridized carbons (Fsp3) is 0.462. The number of ether oxygens (including phenoxy) is 2. The van der Waals surface area contributed by atoms with Gasteiger partial charge in [0.25, 0.3) is 15.0 Å². The molecule has 21 heavy (non-hydrogen) atoms. The second-order valence-corrected chi connectivity index (χ2v) is 7.25. The standard InChI is InChI=1S/C13H18ClNO5S/c1-8(2)7-15-13(16)11-9(19-3)5-6-10(12(11)20-4)21(14,17)18/h5-6,8H,7H2,1-4H3,(H,15,16). The van der Waals surface area contributed by atoms with E-state index in [4.69, 9.17) is 20.2 Å². The van der Waals surface area contributed by atoms with Crippen molar-refractivity contribution in [2.45, 2.75) is 18.7 Å². The van der Waals surface area contributed by atoms with Crippen LogP contribution >= 0.6 is 10.7 Å². The average Bonchev–Trinajstić information content (AvgIpc) is 2.41. The summed E-state index contributed by atoms with van der Waals surface area (Å²) in [6.07, 6.45) is 0. The van der Waals surface area contributed by atoms with Crippen molar-refractivity contribution in [3.63, 3.8) is 0 Å². The van der Waals surface area contributed by atoms with Gasteiger partial charge in [0, 0.05) is 17.2 Å². The first-order chi connectivity index (χ1) is 9.72. The molecule has 0 saturated heterocycles. The number of carbonyl (C=O) groups excluding carboxylic acids is 1. The largest absolute Gasteiger partial charge is 0.496 e. The number of benzene rings is 1. The number of hydrogen-bond acceptors (Lipinski definition) is 5. The third-order valence-electron chi connectivity index (χ3n) is 2.67. The van der Waals surface area contributed by atoms with E-state index in [-0.39, 0.29) is 27.9 Å². The lowest BCUT2D eigenvalue weighted by atomic mass is 10.1. The first-order valence-corrected chi connectivity index (χ1v) is 8.51. The zero-order valence-electron chi connectivity index (χ0n) is 12.3. The maximum Gasteiger partial charge on any atom is 0.265 e. The molecule has 0 heterocycles. The van der Waals surface area contributed by atoms with Crippen molar-refractivity contribution in [1.29, 1.82) is 0 Å². The minimum Gasteiger partial charge on any atom is -0.496 e. The Morgan fingerprint density at radius 1 is 1.29 bits per heavy atom. The van der Waals surface area contributed by atoms with Crippen LogP contribution in [0.1, 0.15) is 24.2 Å². The van der Waals surface area contributed by atoms with Crippen molar-refractivity contribution < 1.29 is 22.7 Å². The number of rotatable bonds is 6. The van der Waals surface area contributed by atoms with Crippen molar-refractivity contribution >= 4 is 25.6 Å². The average molecular weight is 336 g/mol. The van der Waals surface area contributed by atoms with Gasteiger partial charge in [0.2, 0.25) is 0 Å². The number of amides is 1. The molecule has 0 saturated carbocycles. The van der Waals surface area contributed by atoms with Gasteiger partial charge in [-0.2, -0.15) is 0 Å². The summed E-state index contributed by atoms with van der Waals surface area (Å²) >= 11 is 0. The molecule has 0 aliphatic rings. The fourth-order valence-electron chi connectivity index (χ4n) is 1.71. The SMILES string of the molecule is COc1ccc(S(=O)(=O)Cl)c(OC)c1C(=O)NCC(C)C. The highest BCUT2D eigenvalue weighted by molar-refractivity contribution is 8.13. The molecule has 0 fully saturated rings. The van der Waals surface area contributed by atoms with E-state index in [0.717, 1.165) is 0 Å². The van der Waals surface area contributed by atoms with Crippen LogP contribution in [0.2, 0.25) is 0 Å². The van der Waals surface area contributed by atoms with Gasteiger partial charge in [0.1, 0.15) is 16.2 Å². The van der Waals surface area contributed by atoms with Gasteiger partial charge >= 0.3 is 0 Å². The minimum absolute atomic E-state index is 0.00220. The molecule has 0 atom stereocenters. The molecular weight excluding hydrogens is 318 g/mol. The molecule has 1 aromatic rings. The molecule has 1 rings (SSSR count). The summed E-state index contributed by atoms with van der Waals surface area (Å²) in [6, 6.07) is 2.60. The maximum absolute atomic E-state index is 12.3. The predicted octanol–water partition coefficient (Wildman–Crippen LogP) is 2.02. The smallest absolute Gasteiger partial charge is 0.265 e. The van der Waals surface area contributed by atoms with Crippen LogP contribution in [-0.2, 0) is 9.05 Å². The van der Waals surface area contributed by atoms with Crippen LogP contribution in [0.3, 0.4) is 0 Å². The van der Waals surface area contributed by atoms with Crippen molar-refractivity contribution in [3.8, 4) is 11.5 Å². The Morgan fingerprint density at radius 3 is 2.33 bits per heavy atom. The Morgan fingerprint density at radius 2 is 1.90 bits per heavy atom. The zero-order chi connectivity index (χ0) is 16.2. The first-order valence-electron chi connectivity index (χ1n) is 6.20. The molecule has 1 aromatic carbocycles. The quantitative estimate of drug-likeness (QED) is 0.804. The van der Waals surface area contributed by atoms with Crippen LogP contribution in [0.15, 0.2) is 17.0 Å². The van der Waals surface area contributed by atoms with Gasteiger partial charge in [-0.05, 0) is 18.1 Å². The minimum atomic E-state index is -4.05. The number of carbonyl (C=O) groups is 1. The van der Waals surface area contributed by atoms with Crippen LogP contribution in [0.4, 0.5) is 0 Å². The van der Waals surface area contributed by atoms with E-state index in [0.29, 0.717) is 6.54 Å². The topological polar surface area (TPSA) is 81.7 Å². The van der Waals surface area contributed by atoms with E-state index in [1.54, 1.807) is 0 Å². The second kappa shape index (κ2) is 7.00. The van der Waals surface area contributed by atoms with Gasteiger partial charge < -0.3 is 14.8 Å². The third kappa shape index (κ3) is 4.25. The van der Waals surface area contributed by atoms with Crippen LogP contribution in [0.25, 0.3) is 0 Å². The summed E-state index contributed by atoms with van der Waals surface area (Å²) in [5.41, 5.74) is 0.00220. The number of hydrogen-bond donors (Lipinski definition) is 1. The normalized spacial score (nSPS) is 11.3. The van der Waals surface area contributed by atoms with Gasteiger partial charge in [0.15, 0.2) is 5.75 Å². The van der Waals surface area contributed by atoms with Gasteiger partial charge in [-0.3, -0.25) is 4.79 Å². The van der Waals surface area contributed by atoms with E-state index in [1.807, 2.05) is 13.8 Å². The lowest BCUT2D eigenvalue weighted by Crippen LogP contribution is -2.28. The van der Waals surface area contributed by atoms with E-state index < -0.39 is 15.0 Å². The Bertz CT molecular complexity index is 628. The molecule has 8 heteroatoms. The lowest BCUT2D eigenvalue weighted by Gasteiger charge is -2.16. The molecule has 1 N–H and O–H groups in total. The summed E-state index contributed by atoms with van der Waals surface area (Å²) in [5, 5.41) is 2.69. The summed E-state index contributed by atoms with van der Waals surface area (Å²) in [5.74, 6) is -0.173. The van der Waals surface area contributed by atoms with Crippen LogP contribution in [0, 0.1) is 5.92 Å². The number of nitrogens with one attached hydrogen (secondary N) is 1. The molecule has 0 aliphatic heterocycles. The van der Waals surface area contributed by atoms with Gasteiger partial charge in [-0.25, -0.2) is 8.42 Å². The molecule has 0 bridgehead atoms. The highest BCUT2D eigenvalue weighted by Gasteiger charge is 2.26. The maximum atomic E-state index is 12.3. The van der Waals surface area contributed by atoms with E-state index in [2.05, 4.69) is 5.32 Å². The first kappa shape index (κ1) is 17.6. The molecule has 0 radical (unpaired) electrons. The highest BCUT2D eigenvalue weighted by atomic mass is 35.7. The zero-order valence-corrected chi connectivity index (χ0v) is 13.8. The summed E-state index contributed by atoms with van der Waals surface area (Å²) in [6.45, 7) is 4.31. The van der Waals surface area contributed by atoms with Crippen molar-refractivity contribution in [2.75, 3.05) is 20.8 Å². The Balaban J connectivity index is 3.42. The van der Waals surface area contributed by atoms with Gasteiger partial charge in [-0.1, -0.05) is 13.8 Å². The van der Waals surface area contributed by atoms with E-state index in [9.17, 15) is 13.2 Å². The summed E-state index contributed by atoms with van der Waals surface area (Å²) in [7, 11) is 3.96. The number of methoxy groups -OCH3 is 2. The highest BCUT2D eigenvalue weighted by Crippen LogP contribution is 2.36. The second-order valence-electron chi connectivity index (χ2n) is 4.72. The van der Waals surface area contributed by atoms with Crippen molar-refractivity contribution in [1.82, 2.24) is 5.32 Å². The summed E-state index contributed by atoms with van der Waals surface area (Å²) < 4.78 is 33.3. The Hall–Kier alpha value is -1.47. The van der Waals surface area contributed by atoms with Crippen LogP contribution in [0.5, 0.6) is 11.5 Å². The number of halogens is 1. The van der Waals surface area contributed by atoms with Crippen molar-refractivity contribution in [3.05, 3.63) is 17.7 Å². The monoisotopic (exact) mass is 335 g/mol. The van der Waals surface area contributed by atoms with E-state index >= 15 is 0 Å². The van der Waals surface area contributed by atoms with Gasteiger partial charge in [0.05, 0.1) is 14.2 Å². The van der Waals surface area contributed by atoms with Gasteiger partial charge in [-0.15, -0.1) is 0 Å². The predicted molar refractivity (Wildman–Crippen MR) is 79.8 cm³/mol. The molecule has 6 nitrogen and oxygen atoms in total. The van der Waals surface area contributed by atoms with E-state index in [1.165, 1.54) is 26.4 Å². The summed E-state index contributed by atoms with van der Waals surface area (Å²) in [4.78, 5) is 12.0. The van der Waals surface area contributed by atoms with Crippen LogP contribution < -0.4 is 14.8 Å².